The molecule has 1 aromatic rings. The SMILES string of the molecule is C=CCCCn1nc(C)c(CNCC)c1C. The smallest absolute Gasteiger partial charge is 0.0641 e. The number of allylic oxidation sites excluding steroid dienone is 1. The first-order valence-electron chi connectivity index (χ1n) is 6.05. The van der Waals surface area contributed by atoms with Gasteiger partial charge in [-0.05, 0) is 33.2 Å². The largest absolute Gasteiger partial charge is 0.313 e. The summed E-state index contributed by atoms with van der Waals surface area (Å²) in [5.41, 5.74) is 3.79. The third-order valence-electron chi connectivity index (χ3n) is 2.86. The third-order valence-corrected chi connectivity index (χ3v) is 2.86. The molecule has 1 rings (SSSR count). The number of unbranched alkanes of at least 4 members (excludes halogenated alkanes) is 1. The van der Waals surface area contributed by atoms with Gasteiger partial charge >= 0.3 is 0 Å². The number of rotatable bonds is 7. The minimum absolute atomic E-state index is 0.926. The topological polar surface area (TPSA) is 29.9 Å². The molecule has 0 atom stereocenters. The van der Waals surface area contributed by atoms with Crippen LogP contribution >= 0.6 is 0 Å². The van der Waals surface area contributed by atoms with Gasteiger partial charge in [-0.2, -0.15) is 5.10 Å². The van der Waals surface area contributed by atoms with Crippen molar-refractivity contribution >= 4 is 0 Å². The number of nitrogens with one attached hydrogen (secondary N) is 1. The maximum absolute atomic E-state index is 4.58. The van der Waals surface area contributed by atoms with Gasteiger partial charge in [0.05, 0.1) is 5.69 Å². The Bertz CT molecular complexity index is 339. The van der Waals surface area contributed by atoms with E-state index in [1.807, 2.05) is 6.08 Å². The molecular weight excluding hydrogens is 198 g/mol. The molecule has 3 nitrogen and oxygen atoms in total. The molecule has 0 aliphatic carbocycles. The van der Waals surface area contributed by atoms with E-state index in [1.54, 1.807) is 0 Å². The van der Waals surface area contributed by atoms with Crippen molar-refractivity contribution < 1.29 is 0 Å². The van der Waals surface area contributed by atoms with Crippen molar-refractivity contribution in [3.8, 4) is 0 Å². The minimum Gasteiger partial charge on any atom is -0.313 e. The van der Waals surface area contributed by atoms with Crippen molar-refractivity contribution in [2.45, 2.75) is 46.7 Å². The highest BCUT2D eigenvalue weighted by molar-refractivity contribution is 5.24. The fourth-order valence-electron chi connectivity index (χ4n) is 1.84. The van der Waals surface area contributed by atoms with Crippen LogP contribution in [0.2, 0.25) is 0 Å². The molecule has 16 heavy (non-hydrogen) atoms. The summed E-state index contributed by atoms with van der Waals surface area (Å²) in [6, 6.07) is 0. The van der Waals surface area contributed by atoms with E-state index in [4.69, 9.17) is 0 Å². The van der Waals surface area contributed by atoms with E-state index in [0.29, 0.717) is 0 Å². The highest BCUT2D eigenvalue weighted by Crippen LogP contribution is 2.13. The van der Waals surface area contributed by atoms with Crippen molar-refractivity contribution in [2.75, 3.05) is 6.54 Å². The number of hydrogen-bond donors (Lipinski definition) is 1. The molecule has 0 spiro atoms. The number of hydrogen-bond acceptors (Lipinski definition) is 2. The van der Waals surface area contributed by atoms with E-state index in [2.05, 4.69) is 42.4 Å². The number of aromatic nitrogens is 2. The molecule has 90 valence electrons. The molecule has 0 saturated carbocycles. The molecule has 0 unspecified atom stereocenters. The van der Waals surface area contributed by atoms with Gasteiger partial charge in [-0.15, -0.1) is 6.58 Å². The van der Waals surface area contributed by atoms with Gasteiger partial charge in [-0.3, -0.25) is 4.68 Å². The van der Waals surface area contributed by atoms with Gasteiger partial charge in [0.1, 0.15) is 0 Å². The lowest BCUT2D eigenvalue weighted by atomic mass is 10.2. The predicted octanol–water partition coefficient (Wildman–Crippen LogP) is 2.58. The zero-order chi connectivity index (χ0) is 12.0. The summed E-state index contributed by atoms with van der Waals surface area (Å²) in [5.74, 6) is 0. The van der Waals surface area contributed by atoms with Gasteiger partial charge in [0.15, 0.2) is 0 Å². The van der Waals surface area contributed by atoms with Gasteiger partial charge in [-0.1, -0.05) is 13.0 Å². The van der Waals surface area contributed by atoms with Crippen LogP contribution < -0.4 is 5.32 Å². The molecular formula is C13H23N3. The van der Waals surface area contributed by atoms with Gasteiger partial charge in [0.25, 0.3) is 0 Å². The molecule has 0 amide bonds. The lowest BCUT2D eigenvalue weighted by molar-refractivity contribution is 0.565. The van der Waals surface area contributed by atoms with Crippen LogP contribution in [0.3, 0.4) is 0 Å². The molecule has 0 aliphatic rings. The molecule has 0 fully saturated rings. The number of aryl methyl sites for hydroxylation is 2. The fraction of sp³-hybridized carbons (Fsp3) is 0.615. The average molecular weight is 221 g/mol. The Morgan fingerprint density at radius 3 is 2.81 bits per heavy atom. The molecule has 1 aromatic heterocycles. The van der Waals surface area contributed by atoms with E-state index < -0.39 is 0 Å². The van der Waals surface area contributed by atoms with Crippen LogP contribution in [-0.2, 0) is 13.1 Å². The zero-order valence-electron chi connectivity index (χ0n) is 10.7. The monoisotopic (exact) mass is 221 g/mol. The summed E-state index contributed by atoms with van der Waals surface area (Å²) in [6.45, 7) is 13.0. The van der Waals surface area contributed by atoms with Gasteiger partial charge < -0.3 is 5.32 Å². The molecule has 0 radical (unpaired) electrons. The van der Waals surface area contributed by atoms with Crippen LogP contribution in [0.25, 0.3) is 0 Å². The second-order valence-electron chi connectivity index (χ2n) is 4.08. The Morgan fingerprint density at radius 1 is 1.44 bits per heavy atom. The van der Waals surface area contributed by atoms with E-state index >= 15 is 0 Å². The molecule has 0 bridgehead atoms. The molecule has 1 N–H and O–H groups in total. The predicted molar refractivity (Wildman–Crippen MR) is 68.5 cm³/mol. The Kier molecular flexibility index (Phi) is 5.26. The van der Waals surface area contributed by atoms with Crippen molar-refractivity contribution in [3.63, 3.8) is 0 Å². The molecule has 0 aromatic carbocycles. The average Bonchev–Trinajstić information content (AvgIpc) is 2.53. The second-order valence-corrected chi connectivity index (χ2v) is 4.08. The highest BCUT2D eigenvalue weighted by Gasteiger charge is 2.09. The zero-order valence-corrected chi connectivity index (χ0v) is 10.7. The minimum atomic E-state index is 0.926. The first kappa shape index (κ1) is 13.0. The Balaban J connectivity index is 2.68. The van der Waals surface area contributed by atoms with Crippen LogP contribution in [0.15, 0.2) is 12.7 Å². The first-order valence-corrected chi connectivity index (χ1v) is 6.05. The van der Waals surface area contributed by atoms with Crippen molar-refractivity contribution in [1.29, 1.82) is 0 Å². The Morgan fingerprint density at radius 2 is 2.19 bits per heavy atom. The van der Waals surface area contributed by atoms with Gasteiger partial charge in [0.2, 0.25) is 0 Å². The number of nitrogens with zero attached hydrogens (tertiary/aromatic N) is 2. The quantitative estimate of drug-likeness (QED) is 0.566. The third kappa shape index (κ3) is 3.20. The van der Waals surface area contributed by atoms with Gasteiger partial charge in [-0.25, -0.2) is 0 Å². The summed E-state index contributed by atoms with van der Waals surface area (Å²) in [6.07, 6.45) is 4.14. The summed E-state index contributed by atoms with van der Waals surface area (Å²) in [5, 5.41) is 7.93. The highest BCUT2D eigenvalue weighted by atomic mass is 15.3. The van der Waals surface area contributed by atoms with Gasteiger partial charge in [0, 0.05) is 24.3 Å². The van der Waals surface area contributed by atoms with Crippen molar-refractivity contribution in [3.05, 3.63) is 29.6 Å². The maximum atomic E-state index is 4.58. The van der Waals surface area contributed by atoms with Crippen molar-refractivity contribution in [1.82, 2.24) is 15.1 Å². The lowest BCUT2D eigenvalue weighted by Crippen LogP contribution is -2.13. The van der Waals surface area contributed by atoms with Crippen LogP contribution in [-0.4, -0.2) is 16.3 Å². The van der Waals surface area contributed by atoms with Crippen LogP contribution in [0, 0.1) is 13.8 Å². The summed E-state index contributed by atoms with van der Waals surface area (Å²) in [7, 11) is 0. The molecule has 0 aliphatic heterocycles. The van der Waals surface area contributed by atoms with E-state index in [9.17, 15) is 0 Å². The Hall–Kier alpha value is -1.09. The van der Waals surface area contributed by atoms with E-state index in [-0.39, 0.29) is 0 Å². The standard InChI is InChI=1S/C13H23N3/c1-5-7-8-9-16-12(4)13(10-14-6-2)11(3)15-16/h5,14H,1,6-10H2,2-4H3. The van der Waals surface area contributed by atoms with Crippen LogP contribution in [0.1, 0.15) is 36.7 Å². The summed E-state index contributed by atoms with van der Waals surface area (Å²) >= 11 is 0. The molecule has 3 heteroatoms. The second kappa shape index (κ2) is 6.48. The Labute approximate surface area is 98.5 Å². The molecule has 0 saturated heterocycles. The first-order chi connectivity index (χ1) is 7.70. The summed E-state index contributed by atoms with van der Waals surface area (Å²) in [4.78, 5) is 0. The van der Waals surface area contributed by atoms with E-state index in [0.717, 1.165) is 38.2 Å². The van der Waals surface area contributed by atoms with E-state index in [1.165, 1.54) is 11.3 Å². The van der Waals surface area contributed by atoms with Crippen LogP contribution in [0.5, 0.6) is 0 Å². The summed E-state index contributed by atoms with van der Waals surface area (Å²) < 4.78 is 2.12. The maximum Gasteiger partial charge on any atom is 0.0641 e. The van der Waals surface area contributed by atoms with Crippen molar-refractivity contribution in [2.24, 2.45) is 0 Å². The normalized spacial score (nSPS) is 10.7. The fourth-order valence-corrected chi connectivity index (χ4v) is 1.84. The van der Waals surface area contributed by atoms with Crippen LogP contribution in [0.4, 0.5) is 0 Å². The molecule has 1 heterocycles. The lowest BCUT2D eigenvalue weighted by Gasteiger charge is -2.05.